The van der Waals surface area contributed by atoms with Crippen molar-refractivity contribution in [1.82, 2.24) is 0 Å². The average Bonchev–Trinajstić information content (AvgIpc) is 1.61. The first kappa shape index (κ1) is 10.8. The van der Waals surface area contributed by atoms with E-state index in [4.69, 9.17) is 0 Å². The predicted octanol–water partition coefficient (Wildman–Crippen LogP) is -1.03. The Balaban J connectivity index is 0. The van der Waals surface area contributed by atoms with Crippen molar-refractivity contribution in [2.75, 3.05) is 12.0 Å². The van der Waals surface area contributed by atoms with E-state index in [1.807, 2.05) is 11.8 Å². The quantitative estimate of drug-likeness (QED) is 0.254. The van der Waals surface area contributed by atoms with Gasteiger partial charge in [0.15, 0.2) is 0 Å². The summed E-state index contributed by atoms with van der Waals surface area (Å²) in [6.07, 6.45) is 4.47. The van der Waals surface area contributed by atoms with Crippen molar-refractivity contribution in [3.05, 3.63) is 6.92 Å². The molecule has 2 heteroatoms. The van der Waals surface area contributed by atoms with Crippen LogP contribution >= 0.6 is 11.8 Å². The molecule has 38 valence electrons. The van der Waals surface area contributed by atoms with Gasteiger partial charge in [-0.1, -0.05) is 6.42 Å². The molecule has 7 heavy (non-hydrogen) atoms. The molecule has 0 aromatic carbocycles. The second-order valence-electron chi connectivity index (χ2n) is 1.20. The van der Waals surface area contributed by atoms with Crippen LogP contribution in [0.4, 0.5) is 0 Å². The summed E-state index contributed by atoms with van der Waals surface area (Å²) < 4.78 is 0. The maximum atomic E-state index is 3.71. The van der Waals surface area contributed by atoms with Gasteiger partial charge in [-0.05, 0) is 12.0 Å². The van der Waals surface area contributed by atoms with E-state index in [1.165, 1.54) is 12.2 Å². The molecular weight excluding hydrogens is 99.1 g/mol. The van der Waals surface area contributed by atoms with Crippen LogP contribution in [-0.4, -0.2) is 12.0 Å². The molecule has 0 nitrogen and oxygen atoms in total. The fourth-order valence-electron chi connectivity index (χ4n) is 0.246. The molecule has 0 aromatic rings. The molecule has 0 bridgehead atoms. The second kappa shape index (κ2) is 10.0. The smallest absolute Gasteiger partial charge is 0.343 e. The molecule has 0 unspecified atom stereocenters. The van der Waals surface area contributed by atoms with E-state index in [9.17, 15) is 0 Å². The minimum Gasteiger partial charge on any atom is -0.343 e. The summed E-state index contributed by atoms with van der Waals surface area (Å²) in [5, 5.41) is 0. The van der Waals surface area contributed by atoms with E-state index in [2.05, 4.69) is 13.2 Å². The predicted molar refractivity (Wildman–Crippen MR) is 33.0 cm³/mol. The van der Waals surface area contributed by atoms with Crippen LogP contribution in [0.5, 0.6) is 0 Å². The molecule has 0 spiro atoms. The van der Waals surface area contributed by atoms with Gasteiger partial charge in [0.25, 0.3) is 0 Å². The van der Waals surface area contributed by atoms with E-state index in [-0.39, 0.29) is 18.9 Å². The fraction of sp³-hybridized carbons (Fsp3) is 0.800. The van der Waals surface area contributed by atoms with Gasteiger partial charge in [0.1, 0.15) is 0 Å². The summed E-state index contributed by atoms with van der Waals surface area (Å²) in [6.45, 7) is 3.71. The number of hydrogen-bond acceptors (Lipinski definition) is 1. The summed E-state index contributed by atoms with van der Waals surface area (Å²) in [4.78, 5) is 0. The van der Waals surface area contributed by atoms with Crippen LogP contribution < -0.4 is 18.9 Å². The summed E-state index contributed by atoms with van der Waals surface area (Å²) >= 11 is 1.89. The zero-order chi connectivity index (χ0) is 4.83. The maximum Gasteiger partial charge on any atom is 1.00 e. The summed E-state index contributed by atoms with van der Waals surface area (Å²) in [5.41, 5.74) is 0. The first-order chi connectivity index (χ1) is 2.91. The van der Waals surface area contributed by atoms with Gasteiger partial charge in [0.05, 0.1) is 0 Å². The Morgan fingerprint density at radius 3 is 2.29 bits per heavy atom. The molecule has 0 rings (SSSR count). The normalized spacial score (nSPS) is 7.71. The van der Waals surface area contributed by atoms with Crippen molar-refractivity contribution in [2.24, 2.45) is 0 Å². The first-order valence-corrected chi connectivity index (χ1v) is 3.59. The summed E-state index contributed by atoms with van der Waals surface area (Å²) in [6, 6.07) is 0. The van der Waals surface area contributed by atoms with Crippen molar-refractivity contribution in [1.29, 1.82) is 0 Å². The van der Waals surface area contributed by atoms with E-state index >= 15 is 0 Å². The molecule has 0 saturated heterocycles. The molecule has 0 aromatic heterocycles. The number of rotatable bonds is 3. The van der Waals surface area contributed by atoms with E-state index in [0.717, 1.165) is 6.42 Å². The molecule has 0 N–H and O–H groups in total. The van der Waals surface area contributed by atoms with Crippen molar-refractivity contribution in [3.8, 4) is 0 Å². The summed E-state index contributed by atoms with van der Waals surface area (Å²) in [5.74, 6) is 1.27. The first-order valence-electron chi connectivity index (χ1n) is 2.20. The van der Waals surface area contributed by atoms with Gasteiger partial charge in [-0.25, -0.2) is 0 Å². The Hall–Kier alpha value is 0.947. The van der Waals surface area contributed by atoms with Gasteiger partial charge < -0.3 is 6.92 Å². The maximum absolute atomic E-state index is 3.71. The van der Waals surface area contributed by atoms with Crippen LogP contribution in [0.25, 0.3) is 0 Å². The van der Waals surface area contributed by atoms with Gasteiger partial charge in [-0.2, -0.15) is 18.2 Å². The Kier molecular flexibility index (Phi) is 15.6. The van der Waals surface area contributed by atoms with Crippen molar-refractivity contribution in [3.63, 3.8) is 0 Å². The topological polar surface area (TPSA) is 0 Å². The molecule has 0 atom stereocenters. The molecule has 0 heterocycles. The second-order valence-corrected chi connectivity index (χ2v) is 2.19. The van der Waals surface area contributed by atoms with E-state index in [0.29, 0.717) is 0 Å². The molecular formula is C5H11LiS. The van der Waals surface area contributed by atoms with Crippen molar-refractivity contribution in [2.45, 2.75) is 12.8 Å². The van der Waals surface area contributed by atoms with Crippen LogP contribution in [-0.2, 0) is 0 Å². The van der Waals surface area contributed by atoms with Gasteiger partial charge in [-0.15, -0.1) is 0 Å². The largest absolute Gasteiger partial charge is 1.00 e. The Morgan fingerprint density at radius 2 is 2.14 bits per heavy atom. The number of unbranched alkanes of at least 4 members (excludes halogenated alkanes) is 1. The van der Waals surface area contributed by atoms with Gasteiger partial charge in [0.2, 0.25) is 0 Å². The molecule has 0 aliphatic heterocycles. The van der Waals surface area contributed by atoms with Crippen LogP contribution in [0.15, 0.2) is 0 Å². The van der Waals surface area contributed by atoms with Crippen molar-refractivity contribution < 1.29 is 18.9 Å². The molecule has 0 aliphatic carbocycles. The third kappa shape index (κ3) is 10.9. The molecule has 0 fully saturated rings. The van der Waals surface area contributed by atoms with E-state index in [1.54, 1.807) is 0 Å². The number of thioether (sulfide) groups is 1. The minimum atomic E-state index is 0. The minimum absolute atomic E-state index is 0. The average molecular weight is 110 g/mol. The third-order valence-corrected chi connectivity index (χ3v) is 1.30. The standard InChI is InChI=1S/C5H11S.Li/c1-3-4-5-6-2;/h1,3-5H2,2H3;/q-1;+1. The SMILES string of the molecule is [CH2-]CCCSC.[Li+]. The van der Waals surface area contributed by atoms with Gasteiger partial charge >= 0.3 is 18.9 Å². The number of hydrogen-bond donors (Lipinski definition) is 0. The Labute approximate surface area is 62.6 Å². The van der Waals surface area contributed by atoms with Crippen LogP contribution in [0.1, 0.15) is 12.8 Å². The van der Waals surface area contributed by atoms with Gasteiger partial charge in [0, 0.05) is 0 Å². The molecule has 0 saturated carbocycles. The molecule has 0 amide bonds. The Morgan fingerprint density at radius 1 is 1.57 bits per heavy atom. The van der Waals surface area contributed by atoms with E-state index < -0.39 is 0 Å². The monoisotopic (exact) mass is 110 g/mol. The third-order valence-electron chi connectivity index (χ3n) is 0.598. The zero-order valence-corrected chi connectivity index (χ0v) is 6.05. The van der Waals surface area contributed by atoms with Crippen LogP contribution in [0.3, 0.4) is 0 Å². The molecule has 0 aliphatic rings. The molecule has 0 radical (unpaired) electrons. The van der Waals surface area contributed by atoms with Gasteiger partial charge in [-0.3, -0.25) is 0 Å². The van der Waals surface area contributed by atoms with Crippen molar-refractivity contribution >= 4 is 11.8 Å². The summed E-state index contributed by atoms with van der Waals surface area (Å²) in [7, 11) is 0. The van der Waals surface area contributed by atoms with Crippen LogP contribution in [0.2, 0.25) is 0 Å². The Bertz CT molecular complexity index is 20.0. The van der Waals surface area contributed by atoms with Crippen LogP contribution in [0, 0.1) is 6.92 Å². The zero-order valence-electron chi connectivity index (χ0n) is 5.24. The fourth-order valence-corrected chi connectivity index (χ4v) is 0.739.